The Morgan fingerprint density at radius 3 is 2.39 bits per heavy atom. The molecule has 0 atom stereocenters. The molecule has 3 saturated carbocycles. The molecule has 3 aliphatic rings. The molecular weight excluding hydrogens is 218 g/mol. The van der Waals surface area contributed by atoms with Crippen molar-refractivity contribution in [3.8, 4) is 0 Å². The van der Waals surface area contributed by atoms with Gasteiger partial charge in [0.15, 0.2) is 0 Å². The van der Waals surface area contributed by atoms with Crippen LogP contribution in [0.25, 0.3) is 0 Å². The van der Waals surface area contributed by atoms with Gasteiger partial charge in [-0.25, -0.2) is 0 Å². The van der Waals surface area contributed by atoms with E-state index >= 15 is 0 Å². The topological polar surface area (TPSA) is 12.0 Å². The van der Waals surface area contributed by atoms with Crippen LogP contribution in [0.3, 0.4) is 0 Å². The predicted octanol–water partition coefficient (Wildman–Crippen LogP) is 3.71. The predicted molar refractivity (Wildman–Crippen MR) is 74.6 cm³/mol. The van der Waals surface area contributed by atoms with E-state index in [1.807, 2.05) is 0 Å². The van der Waals surface area contributed by atoms with Gasteiger partial charge in [0, 0.05) is 12.6 Å². The lowest BCUT2D eigenvalue weighted by Gasteiger charge is -2.37. The highest BCUT2D eigenvalue weighted by molar-refractivity contribution is 5.22. The normalized spacial score (nSPS) is 32.9. The van der Waals surface area contributed by atoms with Gasteiger partial charge >= 0.3 is 0 Å². The number of nitrogens with one attached hydrogen (secondary N) is 1. The third kappa shape index (κ3) is 1.99. The summed E-state index contributed by atoms with van der Waals surface area (Å²) in [5, 5.41) is 3.84. The number of hydrogen-bond acceptors (Lipinski definition) is 1. The van der Waals surface area contributed by atoms with E-state index in [4.69, 9.17) is 0 Å². The molecular formula is C17H23N. The van der Waals surface area contributed by atoms with Gasteiger partial charge in [-0.1, -0.05) is 30.3 Å². The van der Waals surface area contributed by atoms with Crippen LogP contribution in [0.4, 0.5) is 0 Å². The lowest BCUT2D eigenvalue weighted by Crippen LogP contribution is -2.43. The molecule has 0 amide bonds. The van der Waals surface area contributed by atoms with Crippen LogP contribution < -0.4 is 5.32 Å². The Morgan fingerprint density at radius 2 is 1.78 bits per heavy atom. The first-order valence-electron chi connectivity index (χ1n) is 7.64. The molecule has 0 aliphatic heterocycles. The van der Waals surface area contributed by atoms with Gasteiger partial charge in [-0.2, -0.15) is 0 Å². The zero-order valence-corrected chi connectivity index (χ0v) is 11.1. The van der Waals surface area contributed by atoms with Crippen LogP contribution in [0.15, 0.2) is 30.3 Å². The van der Waals surface area contributed by atoms with Crippen LogP contribution in [0, 0.1) is 11.3 Å². The second-order valence-electron chi connectivity index (χ2n) is 6.79. The first-order valence-corrected chi connectivity index (χ1v) is 7.64. The van der Waals surface area contributed by atoms with Crippen molar-refractivity contribution in [1.29, 1.82) is 0 Å². The van der Waals surface area contributed by atoms with Crippen molar-refractivity contribution in [1.82, 2.24) is 5.32 Å². The average molecular weight is 241 g/mol. The van der Waals surface area contributed by atoms with Gasteiger partial charge in [0.05, 0.1) is 0 Å². The highest BCUT2D eigenvalue weighted by atomic mass is 15.0. The molecule has 18 heavy (non-hydrogen) atoms. The van der Waals surface area contributed by atoms with Crippen LogP contribution in [-0.2, 0) is 0 Å². The molecule has 1 aromatic carbocycles. The van der Waals surface area contributed by atoms with Crippen molar-refractivity contribution in [2.75, 3.05) is 6.54 Å². The van der Waals surface area contributed by atoms with E-state index in [2.05, 4.69) is 35.6 Å². The molecule has 3 aliphatic carbocycles. The van der Waals surface area contributed by atoms with E-state index in [9.17, 15) is 0 Å². The van der Waals surface area contributed by atoms with Gasteiger partial charge in [-0.3, -0.25) is 0 Å². The highest BCUT2D eigenvalue weighted by Gasteiger charge is 2.53. The summed E-state index contributed by atoms with van der Waals surface area (Å²) in [4.78, 5) is 0. The minimum atomic E-state index is 0.762. The molecule has 1 heteroatoms. The summed E-state index contributed by atoms with van der Waals surface area (Å²) in [6.45, 7) is 1.31. The molecule has 0 heterocycles. The Morgan fingerprint density at radius 1 is 1.06 bits per heavy atom. The van der Waals surface area contributed by atoms with Gasteiger partial charge < -0.3 is 5.32 Å². The quantitative estimate of drug-likeness (QED) is 0.828. The Balaban J connectivity index is 1.25. The number of hydrogen-bond donors (Lipinski definition) is 1. The fourth-order valence-electron chi connectivity index (χ4n) is 3.72. The molecule has 0 radical (unpaired) electrons. The van der Waals surface area contributed by atoms with E-state index < -0.39 is 0 Å². The van der Waals surface area contributed by atoms with Gasteiger partial charge in [-0.15, -0.1) is 0 Å². The summed E-state index contributed by atoms with van der Waals surface area (Å²) < 4.78 is 0. The van der Waals surface area contributed by atoms with Crippen LogP contribution in [-0.4, -0.2) is 12.6 Å². The van der Waals surface area contributed by atoms with Crippen LogP contribution in [0.5, 0.6) is 0 Å². The average Bonchev–Trinajstić information content (AvgIpc) is 3.22. The maximum Gasteiger partial charge on any atom is 0.00789 e. The van der Waals surface area contributed by atoms with E-state index in [0.717, 1.165) is 23.3 Å². The fraction of sp³-hybridized carbons (Fsp3) is 0.647. The smallest absolute Gasteiger partial charge is 0.00789 e. The first-order chi connectivity index (χ1) is 8.86. The Bertz CT molecular complexity index is 410. The van der Waals surface area contributed by atoms with Gasteiger partial charge in [-0.05, 0) is 61.3 Å². The largest absolute Gasteiger partial charge is 0.313 e. The van der Waals surface area contributed by atoms with Crippen LogP contribution in [0.2, 0.25) is 0 Å². The highest BCUT2D eigenvalue weighted by Crippen LogP contribution is 2.61. The van der Waals surface area contributed by atoms with Crippen molar-refractivity contribution in [2.45, 2.75) is 50.5 Å². The first kappa shape index (κ1) is 11.0. The van der Waals surface area contributed by atoms with Crippen molar-refractivity contribution in [3.05, 3.63) is 35.9 Å². The Kier molecular flexibility index (Phi) is 2.51. The van der Waals surface area contributed by atoms with Crippen molar-refractivity contribution >= 4 is 0 Å². The molecule has 1 nitrogen and oxygen atoms in total. The zero-order valence-electron chi connectivity index (χ0n) is 11.1. The second-order valence-corrected chi connectivity index (χ2v) is 6.79. The molecule has 1 aromatic rings. The molecule has 96 valence electrons. The lowest BCUT2D eigenvalue weighted by atomic mass is 9.75. The third-order valence-corrected chi connectivity index (χ3v) is 5.49. The summed E-state index contributed by atoms with van der Waals surface area (Å²) in [7, 11) is 0. The molecule has 0 unspecified atom stereocenters. The maximum atomic E-state index is 3.84. The second kappa shape index (κ2) is 4.09. The van der Waals surface area contributed by atoms with E-state index in [1.165, 1.54) is 45.1 Å². The fourth-order valence-corrected chi connectivity index (χ4v) is 3.72. The van der Waals surface area contributed by atoms with Crippen LogP contribution in [0.1, 0.15) is 50.0 Å². The van der Waals surface area contributed by atoms with E-state index in [1.54, 1.807) is 5.56 Å². The minimum absolute atomic E-state index is 0.762. The Hall–Kier alpha value is -0.820. The van der Waals surface area contributed by atoms with Gasteiger partial charge in [0.1, 0.15) is 0 Å². The molecule has 0 spiro atoms. The van der Waals surface area contributed by atoms with Crippen molar-refractivity contribution in [2.24, 2.45) is 11.3 Å². The third-order valence-electron chi connectivity index (χ3n) is 5.49. The van der Waals surface area contributed by atoms with Crippen molar-refractivity contribution in [3.63, 3.8) is 0 Å². The summed E-state index contributed by atoms with van der Waals surface area (Å²) in [5.74, 6) is 1.91. The minimum Gasteiger partial charge on any atom is -0.313 e. The van der Waals surface area contributed by atoms with Gasteiger partial charge in [0.2, 0.25) is 0 Å². The van der Waals surface area contributed by atoms with E-state index in [0.29, 0.717) is 0 Å². The molecule has 0 saturated heterocycles. The summed E-state index contributed by atoms with van der Waals surface area (Å²) in [6.07, 6.45) is 8.73. The molecule has 1 N–H and O–H groups in total. The lowest BCUT2D eigenvalue weighted by molar-refractivity contribution is 0.262. The van der Waals surface area contributed by atoms with Crippen LogP contribution >= 0.6 is 0 Å². The van der Waals surface area contributed by atoms with Gasteiger partial charge in [0.25, 0.3) is 0 Å². The van der Waals surface area contributed by atoms with E-state index in [-0.39, 0.29) is 0 Å². The standard InChI is InChI=1S/C17H23N/c1-2-4-13(5-3-1)14-10-16(11-14)18-12-17(8-9-17)15-6-7-15/h1-5,14-16,18H,6-12H2. The molecule has 0 aromatic heterocycles. The molecule has 4 rings (SSSR count). The maximum absolute atomic E-state index is 3.84. The number of rotatable bonds is 5. The number of benzene rings is 1. The summed E-state index contributed by atoms with van der Waals surface area (Å²) >= 11 is 0. The summed E-state index contributed by atoms with van der Waals surface area (Å²) in [5.41, 5.74) is 2.30. The van der Waals surface area contributed by atoms with Crippen molar-refractivity contribution < 1.29 is 0 Å². The SMILES string of the molecule is c1ccc(C2CC(NCC3(C4CC4)CC3)C2)cc1. The monoisotopic (exact) mass is 241 g/mol. The molecule has 0 bridgehead atoms. The summed E-state index contributed by atoms with van der Waals surface area (Å²) in [6, 6.07) is 11.8. The molecule has 3 fully saturated rings. The zero-order chi connectivity index (χ0) is 12.0. The Labute approximate surface area is 110 Å².